The predicted molar refractivity (Wildman–Crippen MR) is 111 cm³/mol. The van der Waals surface area contributed by atoms with Gasteiger partial charge in [-0.1, -0.05) is 37.3 Å². The first-order chi connectivity index (χ1) is 12.8. The zero-order chi connectivity index (χ0) is 18.2. The molecule has 26 heavy (non-hydrogen) atoms. The van der Waals surface area contributed by atoms with Gasteiger partial charge in [-0.25, -0.2) is 0 Å². The Balaban J connectivity index is 1.61. The average molecular weight is 369 g/mol. The summed E-state index contributed by atoms with van der Waals surface area (Å²) < 4.78 is 5.35. The minimum atomic E-state index is 0.834. The van der Waals surface area contributed by atoms with Crippen molar-refractivity contribution in [2.45, 2.75) is 19.9 Å². The van der Waals surface area contributed by atoms with Crippen LogP contribution in [0.3, 0.4) is 0 Å². The third-order valence-electron chi connectivity index (χ3n) is 4.24. The quantitative estimate of drug-likeness (QED) is 0.444. The van der Waals surface area contributed by atoms with Crippen LogP contribution in [0.1, 0.15) is 18.1 Å². The molecular weight excluding hydrogens is 342 g/mol. The van der Waals surface area contributed by atoms with Gasteiger partial charge in [0, 0.05) is 29.3 Å². The van der Waals surface area contributed by atoms with Gasteiger partial charge in [-0.15, -0.1) is 0 Å². The SMILES string of the molecule is CCSC(NCCc1c[nH]c2ccc(OC)cc12)=[NH+]Cc1ccccc1. The van der Waals surface area contributed by atoms with Crippen molar-refractivity contribution in [1.29, 1.82) is 0 Å². The highest BCUT2D eigenvalue weighted by molar-refractivity contribution is 8.13. The van der Waals surface area contributed by atoms with E-state index in [1.165, 1.54) is 16.5 Å². The highest BCUT2D eigenvalue weighted by Crippen LogP contribution is 2.23. The second-order valence-corrected chi connectivity index (χ2v) is 7.28. The number of aromatic nitrogens is 1. The first kappa shape index (κ1) is 18.4. The number of hydrogen-bond donors (Lipinski definition) is 3. The third kappa shape index (κ3) is 4.82. The molecule has 0 atom stereocenters. The second-order valence-electron chi connectivity index (χ2n) is 6.00. The van der Waals surface area contributed by atoms with E-state index in [9.17, 15) is 0 Å². The van der Waals surface area contributed by atoms with Crippen LogP contribution in [0, 0.1) is 0 Å². The normalized spacial score (nSPS) is 11.7. The van der Waals surface area contributed by atoms with E-state index in [-0.39, 0.29) is 0 Å². The van der Waals surface area contributed by atoms with Crippen LogP contribution in [-0.2, 0) is 13.0 Å². The van der Waals surface area contributed by atoms with Crippen LogP contribution < -0.4 is 15.0 Å². The number of nitrogens with one attached hydrogen (secondary N) is 3. The topological polar surface area (TPSA) is 51.0 Å². The van der Waals surface area contributed by atoms with Gasteiger partial charge < -0.3 is 9.72 Å². The molecule has 3 aromatic rings. The Morgan fingerprint density at radius 1 is 1.19 bits per heavy atom. The molecule has 0 aliphatic rings. The number of fused-ring (bicyclic) bond motifs is 1. The Morgan fingerprint density at radius 2 is 2.04 bits per heavy atom. The summed E-state index contributed by atoms with van der Waals surface area (Å²) in [5.41, 5.74) is 3.73. The van der Waals surface area contributed by atoms with Crippen LogP contribution in [0.25, 0.3) is 10.9 Å². The molecule has 5 heteroatoms. The first-order valence-electron chi connectivity index (χ1n) is 8.95. The number of aromatic amines is 1. The molecule has 4 nitrogen and oxygen atoms in total. The summed E-state index contributed by atoms with van der Waals surface area (Å²) in [4.78, 5) is 6.85. The maximum absolute atomic E-state index is 5.35. The molecule has 0 fully saturated rings. The van der Waals surface area contributed by atoms with Gasteiger partial charge in [0.05, 0.1) is 13.7 Å². The summed E-state index contributed by atoms with van der Waals surface area (Å²) in [6.07, 6.45) is 3.05. The van der Waals surface area contributed by atoms with Crippen LogP contribution in [0.15, 0.2) is 54.7 Å². The van der Waals surface area contributed by atoms with Crippen molar-refractivity contribution < 1.29 is 9.73 Å². The average Bonchev–Trinajstić information content (AvgIpc) is 3.09. The summed E-state index contributed by atoms with van der Waals surface area (Å²) >= 11 is 1.81. The molecule has 3 rings (SSSR count). The van der Waals surface area contributed by atoms with Gasteiger partial charge in [0.15, 0.2) is 0 Å². The van der Waals surface area contributed by atoms with E-state index in [2.05, 4.69) is 64.8 Å². The van der Waals surface area contributed by atoms with Gasteiger partial charge in [0.1, 0.15) is 12.3 Å². The zero-order valence-electron chi connectivity index (χ0n) is 15.3. The van der Waals surface area contributed by atoms with E-state index in [0.29, 0.717) is 0 Å². The number of methoxy groups -OCH3 is 1. The molecule has 2 aromatic carbocycles. The summed E-state index contributed by atoms with van der Waals surface area (Å²) in [6.45, 7) is 3.89. The van der Waals surface area contributed by atoms with Gasteiger partial charge >= 0.3 is 5.17 Å². The Labute approximate surface area is 159 Å². The highest BCUT2D eigenvalue weighted by atomic mass is 32.2. The van der Waals surface area contributed by atoms with Gasteiger partial charge in [-0.05, 0) is 41.1 Å². The molecule has 136 valence electrons. The number of hydrogen-bond acceptors (Lipinski definition) is 2. The van der Waals surface area contributed by atoms with Gasteiger partial charge in [-0.2, -0.15) is 0 Å². The maximum atomic E-state index is 5.35. The Hall–Kier alpha value is -2.40. The lowest BCUT2D eigenvalue weighted by molar-refractivity contribution is -0.474. The molecule has 0 radical (unpaired) electrons. The van der Waals surface area contributed by atoms with Crippen molar-refractivity contribution in [3.05, 3.63) is 65.9 Å². The lowest BCUT2D eigenvalue weighted by Gasteiger charge is -2.04. The highest BCUT2D eigenvalue weighted by Gasteiger charge is 2.09. The first-order valence-corrected chi connectivity index (χ1v) is 9.94. The molecule has 0 amide bonds. The molecule has 0 aliphatic heterocycles. The van der Waals surface area contributed by atoms with Crippen molar-refractivity contribution in [3.63, 3.8) is 0 Å². The minimum absolute atomic E-state index is 0.834. The fourth-order valence-corrected chi connectivity index (χ4v) is 3.56. The standard InChI is InChI=1S/C21H25N3OS/c1-3-26-21(24-14-16-7-5-4-6-8-16)22-12-11-17-15-23-20-10-9-18(25-2)13-19(17)20/h4-10,13,15,23H,3,11-12,14H2,1-2H3,(H,22,24)/p+1. The lowest BCUT2D eigenvalue weighted by atomic mass is 10.1. The molecule has 0 aliphatic carbocycles. The smallest absolute Gasteiger partial charge is 0.304 e. The van der Waals surface area contributed by atoms with Crippen LogP contribution in [0.5, 0.6) is 5.75 Å². The maximum Gasteiger partial charge on any atom is 0.304 e. The van der Waals surface area contributed by atoms with Crippen molar-refractivity contribution in [2.75, 3.05) is 19.4 Å². The minimum Gasteiger partial charge on any atom is -0.497 e. The van der Waals surface area contributed by atoms with Crippen molar-refractivity contribution in [2.24, 2.45) is 0 Å². The Kier molecular flexibility index (Phi) is 6.61. The van der Waals surface area contributed by atoms with Crippen molar-refractivity contribution in [1.82, 2.24) is 10.3 Å². The van der Waals surface area contributed by atoms with E-state index >= 15 is 0 Å². The largest absolute Gasteiger partial charge is 0.497 e. The third-order valence-corrected chi connectivity index (χ3v) is 5.11. The molecule has 0 saturated heterocycles. The summed E-state index contributed by atoms with van der Waals surface area (Å²) in [5, 5.41) is 5.91. The van der Waals surface area contributed by atoms with Crippen molar-refractivity contribution in [3.8, 4) is 5.75 Å². The van der Waals surface area contributed by atoms with E-state index in [1.54, 1.807) is 7.11 Å². The number of H-pyrrole nitrogens is 1. The van der Waals surface area contributed by atoms with Gasteiger partial charge in [-0.3, -0.25) is 10.3 Å². The molecule has 1 aromatic heterocycles. The van der Waals surface area contributed by atoms with E-state index in [4.69, 9.17) is 4.74 Å². The van der Waals surface area contributed by atoms with Crippen LogP contribution in [0.2, 0.25) is 0 Å². The second kappa shape index (κ2) is 9.34. The number of ether oxygens (including phenoxy) is 1. The monoisotopic (exact) mass is 368 g/mol. The number of benzene rings is 2. The summed E-state index contributed by atoms with van der Waals surface area (Å²) in [5.74, 6) is 1.93. The Morgan fingerprint density at radius 3 is 2.81 bits per heavy atom. The number of amidine groups is 1. The van der Waals surface area contributed by atoms with Crippen molar-refractivity contribution >= 4 is 27.8 Å². The number of rotatable bonds is 7. The fraction of sp³-hybridized carbons (Fsp3) is 0.286. The van der Waals surface area contributed by atoms with E-state index < -0.39 is 0 Å². The van der Waals surface area contributed by atoms with E-state index in [0.717, 1.165) is 41.7 Å². The Bertz CT molecular complexity index is 858. The summed E-state index contributed by atoms with van der Waals surface area (Å²) in [6, 6.07) is 16.6. The predicted octanol–water partition coefficient (Wildman–Crippen LogP) is 2.70. The molecular formula is C21H26N3OS+. The molecule has 0 unspecified atom stereocenters. The van der Waals surface area contributed by atoms with Crippen LogP contribution in [0.4, 0.5) is 0 Å². The number of thioether (sulfide) groups is 1. The van der Waals surface area contributed by atoms with E-state index in [1.807, 2.05) is 23.9 Å². The van der Waals surface area contributed by atoms with Gasteiger partial charge in [0.25, 0.3) is 0 Å². The molecule has 0 spiro atoms. The summed E-state index contributed by atoms with van der Waals surface area (Å²) in [7, 11) is 1.71. The zero-order valence-corrected chi connectivity index (χ0v) is 16.2. The lowest BCUT2D eigenvalue weighted by Crippen LogP contribution is -2.73. The molecule has 3 N–H and O–H groups in total. The fourth-order valence-electron chi connectivity index (χ4n) is 2.89. The molecule has 0 bridgehead atoms. The van der Waals surface area contributed by atoms with Crippen LogP contribution in [-0.4, -0.2) is 29.6 Å². The molecule has 1 heterocycles. The molecule has 0 saturated carbocycles. The van der Waals surface area contributed by atoms with Crippen LogP contribution >= 0.6 is 11.8 Å². The van der Waals surface area contributed by atoms with Gasteiger partial charge in [0.2, 0.25) is 0 Å².